The first kappa shape index (κ1) is 15.5. The fourth-order valence-electron chi connectivity index (χ4n) is 1.58. The molecule has 0 spiro atoms. The molecule has 0 aromatic heterocycles. The van der Waals surface area contributed by atoms with Gasteiger partial charge in [0.05, 0.1) is 27.0 Å². The van der Waals surface area contributed by atoms with Crippen molar-refractivity contribution in [3.63, 3.8) is 0 Å². The van der Waals surface area contributed by atoms with Crippen LogP contribution in [-0.4, -0.2) is 33.9 Å². The van der Waals surface area contributed by atoms with Crippen LogP contribution in [0, 0.1) is 12.3 Å². The molecule has 0 atom stereocenters. The smallest absolute Gasteiger partial charge is 0.319 e. The number of benzene rings is 1. The Morgan fingerprint density at radius 1 is 1.20 bits per heavy atom. The molecular formula is C14H18N2O4. The van der Waals surface area contributed by atoms with Crippen LogP contribution >= 0.6 is 0 Å². The second-order valence-corrected chi connectivity index (χ2v) is 3.75. The minimum absolute atomic E-state index is 0.352. The Bertz CT molecular complexity index is 483. The quantitative estimate of drug-likeness (QED) is 0.615. The van der Waals surface area contributed by atoms with E-state index in [9.17, 15) is 4.79 Å². The lowest BCUT2D eigenvalue weighted by Crippen LogP contribution is -2.29. The van der Waals surface area contributed by atoms with Crippen LogP contribution in [0.3, 0.4) is 0 Å². The summed E-state index contributed by atoms with van der Waals surface area (Å²) in [4.78, 5) is 11.6. The third-order valence-corrected chi connectivity index (χ3v) is 2.48. The van der Waals surface area contributed by atoms with E-state index in [4.69, 9.17) is 20.6 Å². The van der Waals surface area contributed by atoms with Crippen LogP contribution in [-0.2, 0) is 0 Å². The lowest BCUT2D eigenvalue weighted by Gasteiger charge is -2.14. The average Bonchev–Trinajstić information content (AvgIpc) is 2.46. The molecule has 0 saturated heterocycles. The van der Waals surface area contributed by atoms with E-state index >= 15 is 0 Å². The van der Waals surface area contributed by atoms with E-state index < -0.39 is 0 Å². The van der Waals surface area contributed by atoms with Gasteiger partial charge in [-0.05, 0) is 0 Å². The maximum absolute atomic E-state index is 11.6. The van der Waals surface area contributed by atoms with Gasteiger partial charge in [-0.3, -0.25) is 0 Å². The number of ether oxygens (including phenoxy) is 3. The fourth-order valence-corrected chi connectivity index (χ4v) is 1.58. The highest BCUT2D eigenvalue weighted by Crippen LogP contribution is 2.39. The molecule has 0 radical (unpaired) electrons. The minimum Gasteiger partial charge on any atom is -0.493 e. The predicted octanol–water partition coefficient (Wildman–Crippen LogP) is 1.86. The van der Waals surface area contributed by atoms with Crippen molar-refractivity contribution in [1.29, 1.82) is 0 Å². The van der Waals surface area contributed by atoms with Crippen LogP contribution in [0.25, 0.3) is 0 Å². The van der Waals surface area contributed by atoms with Crippen molar-refractivity contribution >= 4 is 11.7 Å². The summed E-state index contributed by atoms with van der Waals surface area (Å²) >= 11 is 0. The summed E-state index contributed by atoms with van der Waals surface area (Å²) in [6, 6.07) is 2.93. The Kier molecular flexibility index (Phi) is 6.04. The number of amides is 2. The zero-order chi connectivity index (χ0) is 15.0. The molecule has 2 N–H and O–H groups in total. The summed E-state index contributed by atoms with van der Waals surface area (Å²) < 4.78 is 15.6. The molecule has 0 fully saturated rings. The molecule has 108 valence electrons. The van der Waals surface area contributed by atoms with Crippen LogP contribution < -0.4 is 24.8 Å². The summed E-state index contributed by atoms with van der Waals surface area (Å²) in [5.41, 5.74) is 0.526. The van der Waals surface area contributed by atoms with E-state index in [1.54, 1.807) is 12.1 Å². The molecule has 1 aromatic rings. The number of anilines is 1. The van der Waals surface area contributed by atoms with Gasteiger partial charge in [-0.15, -0.1) is 12.3 Å². The van der Waals surface area contributed by atoms with Gasteiger partial charge in [0, 0.05) is 25.1 Å². The lowest BCUT2D eigenvalue weighted by molar-refractivity contribution is 0.252. The first-order valence-corrected chi connectivity index (χ1v) is 5.94. The largest absolute Gasteiger partial charge is 0.493 e. The van der Waals surface area contributed by atoms with Gasteiger partial charge < -0.3 is 24.8 Å². The Balaban J connectivity index is 2.85. The second-order valence-electron chi connectivity index (χ2n) is 3.75. The van der Waals surface area contributed by atoms with Crippen LogP contribution in [0.4, 0.5) is 10.5 Å². The molecule has 0 heterocycles. The fraction of sp³-hybridized carbons (Fsp3) is 0.357. The maximum Gasteiger partial charge on any atom is 0.319 e. The predicted molar refractivity (Wildman–Crippen MR) is 76.6 cm³/mol. The monoisotopic (exact) mass is 278 g/mol. The molecule has 1 aromatic carbocycles. The number of hydrogen-bond acceptors (Lipinski definition) is 4. The van der Waals surface area contributed by atoms with E-state index in [1.165, 1.54) is 21.3 Å². The van der Waals surface area contributed by atoms with Gasteiger partial charge in [0.2, 0.25) is 5.75 Å². The Morgan fingerprint density at radius 2 is 1.80 bits per heavy atom. The molecule has 0 unspecified atom stereocenters. The van der Waals surface area contributed by atoms with Crippen LogP contribution in [0.1, 0.15) is 6.42 Å². The highest BCUT2D eigenvalue weighted by atomic mass is 16.5. The zero-order valence-corrected chi connectivity index (χ0v) is 11.8. The Labute approximate surface area is 118 Å². The van der Waals surface area contributed by atoms with Gasteiger partial charge in [0.15, 0.2) is 11.5 Å². The molecule has 0 saturated carbocycles. The van der Waals surface area contributed by atoms with Gasteiger partial charge in [0.1, 0.15) is 0 Å². The van der Waals surface area contributed by atoms with Crippen molar-refractivity contribution in [1.82, 2.24) is 5.32 Å². The SMILES string of the molecule is C#CCCNC(=O)Nc1cc(OC)c(OC)c(OC)c1. The highest BCUT2D eigenvalue weighted by molar-refractivity contribution is 5.90. The van der Waals surface area contributed by atoms with Crippen molar-refractivity contribution < 1.29 is 19.0 Å². The second kappa shape index (κ2) is 7.79. The minimum atomic E-state index is -0.352. The molecule has 2 amide bonds. The third kappa shape index (κ3) is 3.99. The topological polar surface area (TPSA) is 68.8 Å². The number of rotatable bonds is 6. The standard InChI is InChI=1S/C14H18N2O4/c1-5-6-7-15-14(17)16-10-8-11(18-2)13(20-4)12(9-10)19-3/h1,8-9H,6-7H2,2-4H3,(H2,15,16,17). The maximum atomic E-state index is 11.6. The number of methoxy groups -OCH3 is 3. The number of urea groups is 1. The normalized spacial score (nSPS) is 9.30. The van der Waals surface area contributed by atoms with Crippen LogP contribution in [0.2, 0.25) is 0 Å². The van der Waals surface area contributed by atoms with E-state index in [-0.39, 0.29) is 6.03 Å². The van der Waals surface area contributed by atoms with Crippen molar-refractivity contribution in [2.75, 3.05) is 33.2 Å². The summed E-state index contributed by atoms with van der Waals surface area (Å²) in [6.07, 6.45) is 5.58. The van der Waals surface area contributed by atoms with Crippen molar-refractivity contribution in [3.8, 4) is 29.6 Å². The van der Waals surface area contributed by atoms with E-state index in [1.807, 2.05) is 0 Å². The van der Waals surface area contributed by atoms with Crippen LogP contribution in [0.15, 0.2) is 12.1 Å². The van der Waals surface area contributed by atoms with E-state index in [2.05, 4.69) is 16.6 Å². The number of terminal acetylenes is 1. The number of nitrogens with one attached hydrogen (secondary N) is 2. The first-order valence-electron chi connectivity index (χ1n) is 5.94. The molecule has 6 heteroatoms. The molecular weight excluding hydrogens is 260 g/mol. The molecule has 0 aliphatic heterocycles. The zero-order valence-electron chi connectivity index (χ0n) is 11.8. The molecule has 0 aliphatic carbocycles. The summed E-state index contributed by atoms with van der Waals surface area (Å²) in [5.74, 6) is 3.83. The average molecular weight is 278 g/mol. The molecule has 1 rings (SSSR count). The van der Waals surface area contributed by atoms with Gasteiger partial charge in [-0.2, -0.15) is 0 Å². The molecule has 0 aliphatic rings. The van der Waals surface area contributed by atoms with Gasteiger partial charge in [0.25, 0.3) is 0 Å². The lowest BCUT2D eigenvalue weighted by atomic mass is 10.2. The number of carbonyl (C=O) groups is 1. The van der Waals surface area contributed by atoms with Gasteiger partial charge in [-0.25, -0.2) is 4.79 Å². The molecule has 20 heavy (non-hydrogen) atoms. The Morgan fingerprint density at radius 3 is 2.25 bits per heavy atom. The van der Waals surface area contributed by atoms with E-state index in [0.29, 0.717) is 35.9 Å². The molecule has 0 bridgehead atoms. The van der Waals surface area contributed by atoms with Crippen molar-refractivity contribution in [3.05, 3.63) is 12.1 Å². The molecule has 6 nitrogen and oxygen atoms in total. The number of carbonyl (C=O) groups excluding carboxylic acids is 1. The van der Waals surface area contributed by atoms with Gasteiger partial charge in [-0.1, -0.05) is 0 Å². The third-order valence-electron chi connectivity index (χ3n) is 2.48. The number of hydrogen-bond donors (Lipinski definition) is 2. The van der Waals surface area contributed by atoms with E-state index in [0.717, 1.165) is 0 Å². The van der Waals surface area contributed by atoms with Crippen LogP contribution in [0.5, 0.6) is 17.2 Å². The van der Waals surface area contributed by atoms with Gasteiger partial charge >= 0.3 is 6.03 Å². The summed E-state index contributed by atoms with van der Waals surface area (Å²) in [5, 5.41) is 5.30. The summed E-state index contributed by atoms with van der Waals surface area (Å²) in [7, 11) is 4.53. The Hall–Kier alpha value is -2.55. The van der Waals surface area contributed by atoms with Crippen molar-refractivity contribution in [2.45, 2.75) is 6.42 Å². The first-order chi connectivity index (χ1) is 9.65. The highest BCUT2D eigenvalue weighted by Gasteiger charge is 2.14. The summed E-state index contributed by atoms with van der Waals surface area (Å²) in [6.45, 7) is 0.409. The van der Waals surface area contributed by atoms with Crippen molar-refractivity contribution in [2.24, 2.45) is 0 Å².